The topological polar surface area (TPSA) is 68.3 Å². The van der Waals surface area contributed by atoms with E-state index in [-0.39, 0.29) is 6.61 Å². The van der Waals surface area contributed by atoms with Gasteiger partial charge >= 0.3 is 12.1 Å². The van der Waals surface area contributed by atoms with E-state index < -0.39 is 17.6 Å². The summed E-state index contributed by atoms with van der Waals surface area (Å²) in [6.07, 6.45) is 1.27. The van der Waals surface area contributed by atoms with E-state index in [2.05, 4.69) is 11.0 Å². The first-order valence-corrected chi connectivity index (χ1v) is 11.0. The molecule has 0 saturated carbocycles. The summed E-state index contributed by atoms with van der Waals surface area (Å²) in [5.41, 5.74) is 0.724. The maximum Gasteiger partial charge on any atom is 0.415 e. The molecule has 1 heterocycles. The molecule has 3 rings (SSSR count). The molecule has 0 unspecified atom stereocenters. The molecule has 0 bridgehead atoms. The van der Waals surface area contributed by atoms with Gasteiger partial charge in [0.25, 0.3) is 0 Å². The van der Waals surface area contributed by atoms with E-state index in [1.165, 1.54) is 17.6 Å². The Bertz CT molecular complexity index is 894. The summed E-state index contributed by atoms with van der Waals surface area (Å²) in [4.78, 5) is 29.9. The molecule has 32 heavy (non-hydrogen) atoms. The van der Waals surface area contributed by atoms with E-state index in [4.69, 9.17) is 14.2 Å². The minimum atomic E-state index is -1.10. The Labute approximate surface area is 189 Å². The molecule has 0 N–H and O–H groups in total. The van der Waals surface area contributed by atoms with Gasteiger partial charge in [0.2, 0.25) is 0 Å². The van der Waals surface area contributed by atoms with Crippen LogP contribution in [0.2, 0.25) is 0 Å². The number of hydrogen-bond donors (Lipinski definition) is 0. The van der Waals surface area contributed by atoms with Crippen molar-refractivity contribution in [1.82, 2.24) is 4.90 Å². The summed E-state index contributed by atoms with van der Waals surface area (Å²) in [5.74, 6) is 0.431. The summed E-state index contributed by atoms with van der Waals surface area (Å²) in [6.45, 7) is 4.18. The largest absolute Gasteiger partial charge is 0.497 e. The zero-order valence-electron chi connectivity index (χ0n) is 19.1. The number of piperidine rings is 1. The van der Waals surface area contributed by atoms with E-state index in [1.807, 2.05) is 48.5 Å². The molecule has 1 fully saturated rings. The second kappa shape index (κ2) is 11.0. The second-order valence-electron chi connectivity index (χ2n) is 7.84. The van der Waals surface area contributed by atoms with E-state index in [0.29, 0.717) is 31.6 Å². The fourth-order valence-electron chi connectivity index (χ4n) is 4.26. The average Bonchev–Trinajstić information content (AvgIpc) is 2.84. The van der Waals surface area contributed by atoms with Crippen LogP contribution in [-0.2, 0) is 20.7 Å². The molecule has 2 aromatic rings. The fourth-order valence-corrected chi connectivity index (χ4v) is 4.26. The van der Waals surface area contributed by atoms with Crippen molar-refractivity contribution < 1.29 is 23.8 Å². The van der Waals surface area contributed by atoms with Gasteiger partial charge in [0.05, 0.1) is 20.8 Å². The van der Waals surface area contributed by atoms with Crippen LogP contribution in [0.4, 0.5) is 10.5 Å². The Morgan fingerprint density at radius 3 is 2.38 bits per heavy atom. The highest BCUT2D eigenvalue weighted by Crippen LogP contribution is 2.35. The Kier molecular flexibility index (Phi) is 8.11. The van der Waals surface area contributed by atoms with E-state index in [0.717, 1.165) is 18.7 Å². The van der Waals surface area contributed by atoms with Crippen LogP contribution < -0.4 is 9.64 Å². The van der Waals surface area contributed by atoms with Gasteiger partial charge in [0, 0.05) is 25.3 Å². The van der Waals surface area contributed by atoms with E-state index >= 15 is 0 Å². The van der Waals surface area contributed by atoms with Crippen molar-refractivity contribution in [2.24, 2.45) is 0 Å². The Balaban J connectivity index is 1.77. The molecule has 2 aromatic carbocycles. The highest BCUT2D eigenvalue weighted by Gasteiger charge is 2.50. The molecule has 1 saturated heterocycles. The molecule has 7 heteroatoms. The van der Waals surface area contributed by atoms with Gasteiger partial charge < -0.3 is 19.1 Å². The average molecular weight is 441 g/mol. The molecular formula is C25H32N2O5. The molecule has 1 aliphatic rings. The SMILES string of the molecule is CCOC(=O)N(c1ccccc1)C1(C(=O)OC)CCN(CCc2cccc(OC)c2)CC1. The van der Waals surface area contributed by atoms with Crippen LogP contribution in [0.5, 0.6) is 5.75 Å². The van der Waals surface area contributed by atoms with Crippen molar-refractivity contribution in [3.05, 3.63) is 60.2 Å². The third-order valence-electron chi connectivity index (χ3n) is 5.99. The van der Waals surface area contributed by atoms with Crippen LogP contribution in [0.15, 0.2) is 54.6 Å². The molecule has 172 valence electrons. The van der Waals surface area contributed by atoms with Crippen molar-refractivity contribution in [2.45, 2.75) is 31.7 Å². The number of methoxy groups -OCH3 is 2. The lowest BCUT2D eigenvalue weighted by molar-refractivity contribution is -0.149. The van der Waals surface area contributed by atoms with Gasteiger partial charge in [-0.3, -0.25) is 4.90 Å². The first-order valence-electron chi connectivity index (χ1n) is 11.0. The van der Waals surface area contributed by atoms with Gasteiger partial charge in [-0.1, -0.05) is 30.3 Å². The summed E-state index contributed by atoms with van der Waals surface area (Å²) in [5, 5.41) is 0. The number of likely N-dealkylation sites (tertiary alicyclic amines) is 1. The monoisotopic (exact) mass is 440 g/mol. The van der Waals surface area contributed by atoms with Gasteiger partial charge in [-0.15, -0.1) is 0 Å². The maximum absolute atomic E-state index is 13.1. The van der Waals surface area contributed by atoms with Crippen molar-refractivity contribution >= 4 is 17.7 Å². The first-order chi connectivity index (χ1) is 15.5. The number of para-hydroxylation sites is 1. The lowest BCUT2D eigenvalue weighted by Crippen LogP contribution is -2.63. The fraction of sp³-hybridized carbons (Fsp3) is 0.440. The summed E-state index contributed by atoms with van der Waals surface area (Å²) < 4.78 is 15.8. The molecule has 0 aromatic heterocycles. The lowest BCUT2D eigenvalue weighted by Gasteiger charge is -2.45. The summed E-state index contributed by atoms with van der Waals surface area (Å²) in [6, 6.07) is 17.2. The summed E-state index contributed by atoms with van der Waals surface area (Å²) >= 11 is 0. The lowest BCUT2D eigenvalue weighted by atomic mass is 9.85. The number of anilines is 1. The predicted molar refractivity (Wildman–Crippen MR) is 123 cm³/mol. The Morgan fingerprint density at radius 1 is 1.03 bits per heavy atom. The molecule has 0 atom stereocenters. The molecule has 1 aliphatic heterocycles. The number of nitrogens with zero attached hydrogens (tertiary/aromatic N) is 2. The number of amides is 1. The third kappa shape index (κ3) is 5.22. The molecule has 1 amide bonds. The number of benzene rings is 2. The normalized spacial score (nSPS) is 15.6. The highest BCUT2D eigenvalue weighted by molar-refractivity contribution is 5.99. The molecule has 7 nitrogen and oxygen atoms in total. The smallest absolute Gasteiger partial charge is 0.415 e. The first kappa shape index (κ1) is 23.6. The third-order valence-corrected chi connectivity index (χ3v) is 5.99. The summed E-state index contributed by atoms with van der Waals surface area (Å²) in [7, 11) is 3.03. The van der Waals surface area contributed by atoms with Crippen LogP contribution in [0, 0.1) is 0 Å². The van der Waals surface area contributed by atoms with Crippen LogP contribution in [0.1, 0.15) is 25.3 Å². The number of rotatable bonds is 8. The highest BCUT2D eigenvalue weighted by atomic mass is 16.6. The van der Waals surface area contributed by atoms with Crippen molar-refractivity contribution in [3.8, 4) is 5.75 Å². The van der Waals surface area contributed by atoms with Gasteiger partial charge in [0.1, 0.15) is 5.75 Å². The number of carbonyl (C=O) groups is 2. The molecule has 0 aliphatic carbocycles. The van der Waals surface area contributed by atoms with Gasteiger partial charge in [-0.05, 0) is 56.0 Å². The Hall–Kier alpha value is -3.06. The van der Waals surface area contributed by atoms with E-state index in [1.54, 1.807) is 14.0 Å². The quantitative estimate of drug-likeness (QED) is 0.580. The molecular weight excluding hydrogens is 408 g/mol. The standard InChI is InChI=1S/C25H32N2O5/c1-4-32-24(29)27(21-10-6-5-7-11-21)25(23(28)31-3)14-17-26(18-15-25)16-13-20-9-8-12-22(19-20)30-2/h5-12,19H,4,13-18H2,1-3H3. The predicted octanol–water partition coefficient (Wildman–Crippen LogP) is 3.91. The van der Waals surface area contributed by atoms with Crippen molar-refractivity contribution in [1.29, 1.82) is 0 Å². The zero-order chi connectivity index (χ0) is 23.0. The number of carbonyl (C=O) groups excluding carboxylic acids is 2. The van der Waals surface area contributed by atoms with Crippen molar-refractivity contribution in [2.75, 3.05) is 45.4 Å². The van der Waals surface area contributed by atoms with Crippen LogP contribution in [0.3, 0.4) is 0 Å². The minimum absolute atomic E-state index is 0.228. The molecule has 0 radical (unpaired) electrons. The number of esters is 1. The molecule has 0 spiro atoms. The second-order valence-corrected chi connectivity index (χ2v) is 7.84. The number of ether oxygens (including phenoxy) is 3. The van der Waals surface area contributed by atoms with E-state index in [9.17, 15) is 9.59 Å². The minimum Gasteiger partial charge on any atom is -0.497 e. The number of hydrogen-bond acceptors (Lipinski definition) is 6. The van der Waals surface area contributed by atoms with Crippen LogP contribution in [0.25, 0.3) is 0 Å². The van der Waals surface area contributed by atoms with Gasteiger partial charge in [-0.25, -0.2) is 9.59 Å². The zero-order valence-corrected chi connectivity index (χ0v) is 19.1. The van der Waals surface area contributed by atoms with Gasteiger partial charge in [-0.2, -0.15) is 0 Å². The van der Waals surface area contributed by atoms with Gasteiger partial charge in [0.15, 0.2) is 5.54 Å². The maximum atomic E-state index is 13.1. The van der Waals surface area contributed by atoms with Crippen LogP contribution >= 0.6 is 0 Å². The van der Waals surface area contributed by atoms with Crippen molar-refractivity contribution in [3.63, 3.8) is 0 Å². The Morgan fingerprint density at radius 2 is 1.75 bits per heavy atom. The van der Waals surface area contributed by atoms with Crippen LogP contribution in [-0.4, -0.2) is 63.0 Å².